The summed E-state index contributed by atoms with van der Waals surface area (Å²) in [5, 5.41) is 0. The number of hydrogen-bond acceptors (Lipinski definition) is 3. The number of benzene rings is 2. The van der Waals surface area contributed by atoms with E-state index in [1.807, 2.05) is 30.3 Å². The van der Waals surface area contributed by atoms with Gasteiger partial charge in [0, 0.05) is 10.0 Å². The van der Waals surface area contributed by atoms with Crippen molar-refractivity contribution >= 4 is 22.0 Å². The van der Waals surface area contributed by atoms with Gasteiger partial charge in [-0.15, -0.1) is 0 Å². The van der Waals surface area contributed by atoms with Crippen molar-refractivity contribution in [2.45, 2.75) is 6.42 Å². The third kappa shape index (κ3) is 3.63. The number of methoxy groups -OCH3 is 3. The highest BCUT2D eigenvalue weighted by Gasteiger charge is 2.17. The maximum absolute atomic E-state index is 5.51. The van der Waals surface area contributed by atoms with Gasteiger partial charge in [0.15, 0.2) is 11.5 Å². The first-order valence-electron chi connectivity index (χ1n) is 6.90. The second-order valence-corrected chi connectivity index (χ2v) is 5.49. The molecule has 0 aliphatic carbocycles. The van der Waals surface area contributed by atoms with Crippen LogP contribution < -0.4 is 14.2 Å². The number of ether oxygens (including phenoxy) is 3. The summed E-state index contributed by atoms with van der Waals surface area (Å²) in [7, 11) is 4.83. The standard InChI is InChI=1S/C18H19BrO3/c1-20-16-12-15(19)14(17(21-2)18(16)22-3)11-7-10-13-8-5-4-6-9-13/h4-9,11-12H,10H2,1-3H3. The average molecular weight is 363 g/mol. The lowest BCUT2D eigenvalue weighted by Gasteiger charge is -2.15. The van der Waals surface area contributed by atoms with Crippen molar-refractivity contribution < 1.29 is 14.2 Å². The Morgan fingerprint density at radius 1 is 0.955 bits per heavy atom. The molecule has 22 heavy (non-hydrogen) atoms. The van der Waals surface area contributed by atoms with Gasteiger partial charge in [-0.05, 0) is 34.0 Å². The predicted octanol–water partition coefficient (Wildman–Crippen LogP) is 4.73. The summed E-state index contributed by atoms with van der Waals surface area (Å²) in [6.45, 7) is 0. The molecule has 116 valence electrons. The van der Waals surface area contributed by atoms with E-state index in [2.05, 4.69) is 34.1 Å². The van der Waals surface area contributed by atoms with Crippen molar-refractivity contribution in [3.8, 4) is 17.2 Å². The highest BCUT2D eigenvalue weighted by Crippen LogP contribution is 2.44. The Morgan fingerprint density at radius 2 is 1.64 bits per heavy atom. The quantitative estimate of drug-likeness (QED) is 0.743. The molecule has 0 N–H and O–H groups in total. The highest BCUT2D eigenvalue weighted by molar-refractivity contribution is 9.10. The molecule has 0 amide bonds. The van der Waals surface area contributed by atoms with Crippen LogP contribution in [0.4, 0.5) is 0 Å². The van der Waals surface area contributed by atoms with Crippen LogP contribution in [0, 0.1) is 0 Å². The second-order valence-electron chi connectivity index (χ2n) is 4.63. The predicted molar refractivity (Wildman–Crippen MR) is 93.0 cm³/mol. The Morgan fingerprint density at radius 3 is 2.23 bits per heavy atom. The van der Waals surface area contributed by atoms with E-state index in [0.717, 1.165) is 16.5 Å². The molecule has 0 aromatic heterocycles. The van der Waals surface area contributed by atoms with Crippen LogP contribution in [0.25, 0.3) is 6.08 Å². The fraction of sp³-hybridized carbons (Fsp3) is 0.222. The molecule has 4 heteroatoms. The zero-order valence-electron chi connectivity index (χ0n) is 12.9. The number of hydrogen-bond donors (Lipinski definition) is 0. The summed E-state index contributed by atoms with van der Waals surface area (Å²) in [5.74, 6) is 1.87. The third-order valence-electron chi connectivity index (χ3n) is 3.30. The molecule has 0 bridgehead atoms. The van der Waals surface area contributed by atoms with Gasteiger partial charge in [-0.2, -0.15) is 0 Å². The summed E-state index contributed by atoms with van der Waals surface area (Å²) in [6, 6.07) is 12.2. The minimum Gasteiger partial charge on any atom is -0.493 e. The Balaban J connectivity index is 2.33. The molecule has 2 aromatic rings. The van der Waals surface area contributed by atoms with Crippen LogP contribution in [0.1, 0.15) is 11.1 Å². The van der Waals surface area contributed by atoms with Gasteiger partial charge in [-0.25, -0.2) is 0 Å². The topological polar surface area (TPSA) is 27.7 Å². The summed E-state index contributed by atoms with van der Waals surface area (Å²) >= 11 is 3.56. The molecule has 0 fully saturated rings. The lowest BCUT2D eigenvalue weighted by molar-refractivity contribution is 0.323. The molecule has 2 aromatic carbocycles. The van der Waals surface area contributed by atoms with E-state index in [0.29, 0.717) is 17.2 Å². The van der Waals surface area contributed by atoms with E-state index in [9.17, 15) is 0 Å². The minimum absolute atomic E-state index is 0.590. The van der Waals surface area contributed by atoms with Gasteiger partial charge >= 0.3 is 0 Å². The first-order valence-corrected chi connectivity index (χ1v) is 7.69. The van der Waals surface area contributed by atoms with Gasteiger partial charge in [0.2, 0.25) is 5.75 Å². The summed E-state index contributed by atoms with van der Waals surface area (Å²) in [4.78, 5) is 0. The highest BCUT2D eigenvalue weighted by atomic mass is 79.9. The lowest BCUT2D eigenvalue weighted by atomic mass is 10.1. The van der Waals surface area contributed by atoms with Crippen LogP contribution >= 0.6 is 15.9 Å². The molecule has 0 saturated carbocycles. The number of allylic oxidation sites excluding steroid dienone is 1. The molecule has 0 spiro atoms. The SMILES string of the molecule is COc1cc(Br)c(C=CCc2ccccc2)c(OC)c1OC. The maximum Gasteiger partial charge on any atom is 0.203 e. The largest absolute Gasteiger partial charge is 0.493 e. The van der Waals surface area contributed by atoms with E-state index in [1.54, 1.807) is 21.3 Å². The first kappa shape index (κ1) is 16.4. The minimum atomic E-state index is 0.590. The first-order chi connectivity index (χ1) is 10.7. The van der Waals surface area contributed by atoms with Gasteiger partial charge < -0.3 is 14.2 Å². The van der Waals surface area contributed by atoms with Crippen LogP contribution in [-0.4, -0.2) is 21.3 Å². The summed E-state index contributed by atoms with van der Waals surface area (Å²) < 4.78 is 17.1. The van der Waals surface area contributed by atoms with E-state index >= 15 is 0 Å². The number of rotatable bonds is 6. The third-order valence-corrected chi connectivity index (χ3v) is 3.95. The van der Waals surface area contributed by atoms with Crippen molar-refractivity contribution in [2.24, 2.45) is 0 Å². The molecule has 0 aliphatic heterocycles. The molecule has 2 rings (SSSR count). The molecule has 0 aliphatic rings. The maximum atomic E-state index is 5.51. The molecule has 0 heterocycles. The molecular formula is C18H19BrO3. The zero-order valence-corrected chi connectivity index (χ0v) is 14.5. The van der Waals surface area contributed by atoms with Crippen LogP contribution in [0.2, 0.25) is 0 Å². The van der Waals surface area contributed by atoms with Crippen LogP contribution in [0.5, 0.6) is 17.2 Å². The van der Waals surface area contributed by atoms with E-state index in [1.165, 1.54) is 5.56 Å². The van der Waals surface area contributed by atoms with Crippen molar-refractivity contribution in [2.75, 3.05) is 21.3 Å². The van der Waals surface area contributed by atoms with Gasteiger partial charge in [0.25, 0.3) is 0 Å². The molecule has 0 radical (unpaired) electrons. The Kier molecular flexibility index (Phi) is 5.90. The second kappa shape index (κ2) is 7.90. The van der Waals surface area contributed by atoms with Crippen molar-refractivity contribution in [1.29, 1.82) is 0 Å². The van der Waals surface area contributed by atoms with E-state index in [4.69, 9.17) is 14.2 Å². The lowest BCUT2D eigenvalue weighted by Crippen LogP contribution is -1.97. The Bertz CT molecular complexity index is 651. The molecule has 0 unspecified atom stereocenters. The summed E-state index contributed by atoms with van der Waals surface area (Å²) in [5.41, 5.74) is 2.19. The zero-order chi connectivity index (χ0) is 15.9. The fourth-order valence-electron chi connectivity index (χ4n) is 2.23. The molecular weight excluding hydrogens is 344 g/mol. The molecule has 3 nitrogen and oxygen atoms in total. The monoisotopic (exact) mass is 362 g/mol. The van der Waals surface area contributed by atoms with Crippen LogP contribution in [-0.2, 0) is 6.42 Å². The molecule has 0 saturated heterocycles. The average Bonchev–Trinajstić information content (AvgIpc) is 2.56. The van der Waals surface area contributed by atoms with Crippen LogP contribution in [0.15, 0.2) is 46.9 Å². The van der Waals surface area contributed by atoms with Gasteiger partial charge in [0.1, 0.15) is 0 Å². The van der Waals surface area contributed by atoms with Gasteiger partial charge in [-0.1, -0.05) is 42.5 Å². The van der Waals surface area contributed by atoms with Crippen molar-refractivity contribution in [3.05, 3.63) is 58.1 Å². The van der Waals surface area contributed by atoms with Crippen molar-refractivity contribution in [3.63, 3.8) is 0 Å². The smallest absolute Gasteiger partial charge is 0.203 e. The van der Waals surface area contributed by atoms with Gasteiger partial charge in [0.05, 0.1) is 21.3 Å². The fourth-order valence-corrected chi connectivity index (χ4v) is 2.75. The summed E-state index contributed by atoms with van der Waals surface area (Å²) in [6.07, 6.45) is 4.98. The van der Waals surface area contributed by atoms with E-state index < -0.39 is 0 Å². The number of halogens is 1. The van der Waals surface area contributed by atoms with E-state index in [-0.39, 0.29) is 0 Å². The molecule has 0 atom stereocenters. The normalized spacial score (nSPS) is 10.7. The Hall–Kier alpha value is -1.94. The van der Waals surface area contributed by atoms with Gasteiger partial charge in [-0.3, -0.25) is 0 Å². The van der Waals surface area contributed by atoms with Crippen molar-refractivity contribution in [1.82, 2.24) is 0 Å². The Labute approximate surface area is 139 Å². The van der Waals surface area contributed by atoms with Crippen LogP contribution in [0.3, 0.4) is 0 Å².